The monoisotopic (exact) mass is 318 g/mol. The van der Waals surface area contributed by atoms with Crippen molar-refractivity contribution in [3.05, 3.63) is 52.2 Å². The molecular weight excluding hydrogens is 303 g/mol. The molecule has 23 heavy (non-hydrogen) atoms. The Kier molecular flexibility index (Phi) is 4.20. The number of hydrogen-bond acceptors (Lipinski definition) is 4. The zero-order chi connectivity index (χ0) is 16.4. The number of halogens is 1. The molecule has 2 aromatic rings. The van der Waals surface area contributed by atoms with Gasteiger partial charge in [0, 0.05) is 25.0 Å². The number of nitrogens with zero attached hydrogens (tertiary/aromatic N) is 2. The minimum absolute atomic E-state index is 0.0263. The fourth-order valence-electron chi connectivity index (χ4n) is 2.62. The molecule has 1 aliphatic heterocycles. The number of aromatic carboxylic acids is 1. The molecule has 1 saturated heterocycles. The first kappa shape index (κ1) is 15.4. The number of benzene rings is 1. The largest absolute Gasteiger partial charge is 0.476 e. The second-order valence-corrected chi connectivity index (χ2v) is 5.36. The highest BCUT2D eigenvalue weighted by molar-refractivity contribution is 5.86. The molecule has 120 valence electrons. The number of carbonyl (C=O) groups is 1. The van der Waals surface area contributed by atoms with Crippen molar-refractivity contribution in [3.63, 3.8) is 0 Å². The molecule has 0 atom stereocenters. The van der Waals surface area contributed by atoms with Crippen LogP contribution in [0.2, 0.25) is 0 Å². The van der Waals surface area contributed by atoms with Gasteiger partial charge in [-0.15, -0.1) is 0 Å². The van der Waals surface area contributed by atoms with Crippen molar-refractivity contribution in [2.45, 2.75) is 18.9 Å². The molecule has 1 aromatic heterocycles. The highest BCUT2D eigenvalue weighted by Crippen LogP contribution is 2.22. The molecule has 0 amide bonds. The maximum absolute atomic E-state index is 13.1. The summed E-state index contributed by atoms with van der Waals surface area (Å²) in [4.78, 5) is 23.7. The lowest BCUT2D eigenvalue weighted by Gasteiger charge is -2.24. The van der Waals surface area contributed by atoms with Crippen LogP contribution in [0, 0.1) is 5.82 Å². The molecule has 0 saturated carbocycles. The van der Waals surface area contributed by atoms with Crippen LogP contribution in [0.3, 0.4) is 0 Å². The first-order valence-electron chi connectivity index (χ1n) is 7.26. The van der Waals surface area contributed by atoms with Gasteiger partial charge in [-0.2, -0.15) is 5.10 Å². The minimum Gasteiger partial charge on any atom is -0.476 e. The van der Waals surface area contributed by atoms with Crippen LogP contribution in [0.15, 0.2) is 35.3 Å². The number of carboxylic acid groups (broad SMARTS) is 1. The molecule has 0 unspecified atom stereocenters. The van der Waals surface area contributed by atoms with Crippen molar-refractivity contribution in [3.8, 4) is 11.1 Å². The highest BCUT2D eigenvalue weighted by atomic mass is 19.1. The minimum atomic E-state index is -1.38. The number of carboxylic acids is 1. The fourth-order valence-corrected chi connectivity index (χ4v) is 2.62. The van der Waals surface area contributed by atoms with E-state index in [-0.39, 0.29) is 11.6 Å². The van der Waals surface area contributed by atoms with Crippen LogP contribution < -0.4 is 5.43 Å². The van der Waals surface area contributed by atoms with Gasteiger partial charge in [0.1, 0.15) is 5.82 Å². The third-order valence-electron chi connectivity index (χ3n) is 3.86. The molecule has 0 bridgehead atoms. The van der Waals surface area contributed by atoms with Crippen molar-refractivity contribution in [1.29, 1.82) is 0 Å². The Labute approximate surface area is 131 Å². The van der Waals surface area contributed by atoms with Gasteiger partial charge in [0.25, 0.3) is 0 Å². The summed E-state index contributed by atoms with van der Waals surface area (Å²) in [6, 6.07) is 5.34. The van der Waals surface area contributed by atoms with Crippen LogP contribution in [-0.2, 0) is 4.74 Å². The molecule has 6 nitrogen and oxygen atoms in total. The van der Waals surface area contributed by atoms with E-state index in [0.29, 0.717) is 31.6 Å². The van der Waals surface area contributed by atoms with Crippen molar-refractivity contribution in [1.82, 2.24) is 9.78 Å². The third kappa shape index (κ3) is 3.14. The standard InChI is InChI=1S/C16H15FN2O4/c17-11-3-1-10(2-4-11)13-9-19(12-5-7-23-8-6-12)18-14(15(13)20)16(21)22/h1-4,9,12H,5-8H2,(H,21,22). The van der Waals surface area contributed by atoms with E-state index in [2.05, 4.69) is 5.10 Å². The maximum Gasteiger partial charge on any atom is 0.360 e. The van der Waals surface area contributed by atoms with Gasteiger partial charge in [-0.1, -0.05) is 12.1 Å². The molecular formula is C16H15FN2O4. The van der Waals surface area contributed by atoms with Crippen LogP contribution in [0.5, 0.6) is 0 Å². The lowest BCUT2D eigenvalue weighted by molar-refractivity contribution is 0.0632. The Morgan fingerprint density at radius 2 is 1.91 bits per heavy atom. The van der Waals surface area contributed by atoms with E-state index in [1.807, 2.05) is 0 Å². The van der Waals surface area contributed by atoms with Crippen LogP contribution >= 0.6 is 0 Å². The van der Waals surface area contributed by atoms with Gasteiger partial charge in [0.05, 0.1) is 6.04 Å². The maximum atomic E-state index is 13.1. The third-order valence-corrected chi connectivity index (χ3v) is 3.86. The van der Waals surface area contributed by atoms with Crippen molar-refractivity contribution < 1.29 is 19.0 Å². The molecule has 1 aromatic carbocycles. The van der Waals surface area contributed by atoms with Gasteiger partial charge >= 0.3 is 5.97 Å². The fraction of sp³-hybridized carbons (Fsp3) is 0.312. The Bertz CT molecular complexity index is 780. The molecule has 0 spiro atoms. The first-order valence-corrected chi connectivity index (χ1v) is 7.26. The van der Waals surface area contributed by atoms with E-state index in [0.717, 1.165) is 0 Å². The number of rotatable bonds is 3. The van der Waals surface area contributed by atoms with Crippen molar-refractivity contribution in [2.75, 3.05) is 13.2 Å². The quantitative estimate of drug-likeness (QED) is 0.937. The average molecular weight is 318 g/mol. The van der Waals surface area contributed by atoms with E-state index in [4.69, 9.17) is 4.74 Å². The Morgan fingerprint density at radius 3 is 2.52 bits per heavy atom. The molecule has 1 fully saturated rings. The van der Waals surface area contributed by atoms with E-state index >= 15 is 0 Å². The summed E-state index contributed by atoms with van der Waals surface area (Å²) in [5.41, 5.74) is -0.545. The predicted octanol–water partition coefficient (Wildman–Crippen LogP) is 2.10. The Hall–Kier alpha value is -2.54. The molecule has 0 radical (unpaired) electrons. The van der Waals surface area contributed by atoms with Gasteiger partial charge in [0.15, 0.2) is 0 Å². The molecule has 7 heteroatoms. The topological polar surface area (TPSA) is 81.4 Å². The van der Waals surface area contributed by atoms with E-state index < -0.39 is 22.9 Å². The van der Waals surface area contributed by atoms with E-state index in [1.54, 1.807) is 0 Å². The van der Waals surface area contributed by atoms with Crippen molar-refractivity contribution in [2.24, 2.45) is 0 Å². The zero-order valence-electron chi connectivity index (χ0n) is 12.2. The summed E-state index contributed by atoms with van der Waals surface area (Å²) in [7, 11) is 0. The lowest BCUT2D eigenvalue weighted by Crippen LogP contribution is -2.28. The van der Waals surface area contributed by atoms with Gasteiger partial charge < -0.3 is 9.84 Å². The second-order valence-electron chi connectivity index (χ2n) is 5.36. The first-order chi connectivity index (χ1) is 11.1. The SMILES string of the molecule is O=C(O)c1nn(C2CCOCC2)cc(-c2ccc(F)cc2)c1=O. The number of aromatic nitrogens is 2. The second kappa shape index (κ2) is 6.29. The molecule has 0 aliphatic carbocycles. The van der Waals surface area contributed by atoms with Crippen LogP contribution in [0.25, 0.3) is 11.1 Å². The number of ether oxygens (including phenoxy) is 1. The Morgan fingerprint density at radius 1 is 1.26 bits per heavy atom. The normalized spacial score (nSPS) is 15.5. The van der Waals surface area contributed by atoms with Crippen LogP contribution in [0.1, 0.15) is 29.4 Å². The van der Waals surface area contributed by atoms with Gasteiger partial charge in [-0.05, 0) is 30.5 Å². The summed E-state index contributed by atoms with van der Waals surface area (Å²) in [5, 5.41) is 13.2. The summed E-state index contributed by atoms with van der Waals surface area (Å²) >= 11 is 0. The average Bonchev–Trinajstić information content (AvgIpc) is 2.56. The van der Waals surface area contributed by atoms with Gasteiger partial charge in [-0.25, -0.2) is 9.18 Å². The molecule has 3 rings (SSSR count). The zero-order valence-corrected chi connectivity index (χ0v) is 12.2. The lowest BCUT2D eigenvalue weighted by atomic mass is 10.1. The predicted molar refractivity (Wildman–Crippen MR) is 79.9 cm³/mol. The van der Waals surface area contributed by atoms with E-state index in [1.165, 1.54) is 35.1 Å². The van der Waals surface area contributed by atoms with E-state index in [9.17, 15) is 19.1 Å². The molecule has 1 N–H and O–H groups in total. The van der Waals surface area contributed by atoms with Gasteiger partial charge in [-0.3, -0.25) is 9.48 Å². The van der Waals surface area contributed by atoms with Crippen LogP contribution in [0.4, 0.5) is 4.39 Å². The summed E-state index contributed by atoms with van der Waals surface area (Å²) in [6.07, 6.45) is 2.92. The summed E-state index contributed by atoms with van der Waals surface area (Å²) < 4.78 is 19.9. The van der Waals surface area contributed by atoms with Crippen molar-refractivity contribution >= 4 is 5.97 Å². The summed E-state index contributed by atoms with van der Waals surface area (Å²) in [6.45, 7) is 1.12. The Balaban J connectivity index is 2.13. The van der Waals surface area contributed by atoms with Crippen LogP contribution in [-0.4, -0.2) is 34.1 Å². The number of hydrogen-bond donors (Lipinski definition) is 1. The smallest absolute Gasteiger partial charge is 0.360 e. The van der Waals surface area contributed by atoms with Gasteiger partial charge in [0.2, 0.25) is 11.1 Å². The highest BCUT2D eigenvalue weighted by Gasteiger charge is 2.22. The molecule has 2 heterocycles. The molecule has 1 aliphatic rings. The summed E-state index contributed by atoms with van der Waals surface area (Å²) in [5.74, 6) is -1.80.